The van der Waals surface area contributed by atoms with Crippen molar-refractivity contribution in [2.75, 3.05) is 19.8 Å². The summed E-state index contributed by atoms with van der Waals surface area (Å²) in [6.07, 6.45) is 14.5. The molecule has 0 radical (unpaired) electrons. The largest absolute Gasteiger partial charge is 0.453 e. The van der Waals surface area contributed by atoms with E-state index in [-0.39, 0.29) is 50.6 Å². The number of allylic oxidation sites excluding steroid dienone is 4. The first-order valence-corrected chi connectivity index (χ1v) is 23.9. The summed E-state index contributed by atoms with van der Waals surface area (Å²) >= 11 is 0. The summed E-state index contributed by atoms with van der Waals surface area (Å²) in [5.41, 5.74) is 2.65. The van der Waals surface area contributed by atoms with Gasteiger partial charge in [-0.05, 0) is 127 Å². The van der Waals surface area contributed by atoms with Crippen molar-refractivity contribution < 1.29 is 66.7 Å². The molecule has 396 valence electrons. The minimum absolute atomic E-state index is 0.0197. The van der Waals surface area contributed by atoms with Crippen molar-refractivity contribution >= 4 is 35.8 Å². The Bertz CT molecular complexity index is 3420. The van der Waals surface area contributed by atoms with Gasteiger partial charge in [-0.1, -0.05) is 121 Å². The average Bonchev–Trinajstić information content (AvgIpc) is 4.21. The zero-order valence-electron chi connectivity index (χ0n) is 43.5. The van der Waals surface area contributed by atoms with Gasteiger partial charge in [0, 0.05) is 37.1 Å². The van der Waals surface area contributed by atoms with Crippen LogP contribution in [0.3, 0.4) is 0 Å². The Morgan fingerprint density at radius 2 is 1.05 bits per heavy atom. The van der Waals surface area contributed by atoms with Gasteiger partial charge < -0.3 is 37.9 Å². The van der Waals surface area contributed by atoms with Crippen LogP contribution in [0.4, 0.5) is 0 Å². The van der Waals surface area contributed by atoms with E-state index in [2.05, 4.69) is 94.9 Å². The molecular formula is C66H48O14. The molecule has 4 aromatic carbocycles. The Kier molecular flexibility index (Phi) is 27.8. The number of benzene rings is 4. The standard InChI is InChI=1S/C22H18O4.C19H12O4.C15H12O4.C10H6O2/c23-21(17-19-11-5-3-6-12-19)25-15-9-1-2-10-16-26-22(24)18-20-13-7-4-8-14-20;20-18(16-10-4-1-5-11-16)22-14-8-3-9-15-23-19(21)17-12-6-2-7-13-17;1-3-4-5-6-7-13-8-10-15(19-13)14(9-11-17-15)18-12(2)16;1-2-3-4-5-6-9-7-8-10(11)12-9/h3-8,11-14H,15-18H2;1-2,4-7,10-13H,14H2;7-11,14H,1-2H3;6-8H,1H3/b;;13-7+;9-6-. The van der Waals surface area contributed by atoms with Gasteiger partial charge in [-0.25, -0.2) is 14.4 Å². The van der Waals surface area contributed by atoms with E-state index < -0.39 is 29.8 Å². The van der Waals surface area contributed by atoms with E-state index in [1.54, 1.807) is 98.8 Å². The highest BCUT2D eigenvalue weighted by atomic mass is 16.7. The molecule has 0 N–H and O–H groups in total. The second-order valence-electron chi connectivity index (χ2n) is 15.2. The quantitative estimate of drug-likeness (QED) is 0.0851. The highest BCUT2D eigenvalue weighted by Crippen LogP contribution is 2.36. The molecule has 1 spiro atoms. The lowest BCUT2D eigenvalue weighted by Gasteiger charge is -2.27. The van der Waals surface area contributed by atoms with Gasteiger partial charge in [-0.15, -0.1) is 0 Å². The van der Waals surface area contributed by atoms with Crippen LogP contribution >= 0.6 is 0 Å². The van der Waals surface area contributed by atoms with Gasteiger partial charge in [0.05, 0.1) is 30.2 Å². The molecule has 0 fully saturated rings. The van der Waals surface area contributed by atoms with E-state index in [0.717, 1.165) is 11.1 Å². The van der Waals surface area contributed by atoms with Gasteiger partial charge in [0.25, 0.3) is 0 Å². The number of hydrogen-bond donors (Lipinski definition) is 0. The van der Waals surface area contributed by atoms with Gasteiger partial charge in [0.2, 0.25) is 6.10 Å². The molecule has 0 aromatic heterocycles. The lowest BCUT2D eigenvalue weighted by atomic mass is 10.1. The van der Waals surface area contributed by atoms with Crippen LogP contribution in [0.5, 0.6) is 0 Å². The summed E-state index contributed by atoms with van der Waals surface area (Å²) < 4.78 is 40.5. The Hall–Kier alpha value is -11.5. The highest BCUT2D eigenvalue weighted by Gasteiger charge is 2.48. The van der Waals surface area contributed by atoms with Gasteiger partial charge >= 0.3 is 41.6 Å². The third kappa shape index (κ3) is 25.1. The smallest absolute Gasteiger partial charge is 0.352 e. The van der Waals surface area contributed by atoms with Gasteiger partial charge in [-0.3, -0.25) is 14.4 Å². The summed E-state index contributed by atoms with van der Waals surface area (Å²) in [6.45, 7) is 4.63. The molecule has 3 heterocycles. The summed E-state index contributed by atoms with van der Waals surface area (Å²) in [6, 6.07) is 35.8. The molecule has 0 saturated heterocycles. The van der Waals surface area contributed by atoms with E-state index in [1.165, 1.54) is 25.3 Å². The average molecular weight is 1070 g/mol. The summed E-state index contributed by atoms with van der Waals surface area (Å²) in [4.78, 5) is 67.8. The fourth-order valence-electron chi connectivity index (χ4n) is 5.88. The van der Waals surface area contributed by atoms with E-state index in [0.29, 0.717) is 22.6 Å². The van der Waals surface area contributed by atoms with Crippen LogP contribution in [0.25, 0.3) is 0 Å². The Morgan fingerprint density at radius 3 is 1.55 bits per heavy atom. The van der Waals surface area contributed by atoms with Gasteiger partial charge in [-0.2, -0.15) is 0 Å². The third-order valence-electron chi connectivity index (χ3n) is 9.38. The maximum Gasteiger partial charge on any atom is 0.352 e. The van der Waals surface area contributed by atoms with Crippen LogP contribution in [0.15, 0.2) is 182 Å². The third-order valence-corrected chi connectivity index (χ3v) is 9.38. The first-order chi connectivity index (χ1) is 39.0. The van der Waals surface area contributed by atoms with Crippen molar-refractivity contribution in [1.82, 2.24) is 0 Å². The Labute approximate surface area is 464 Å². The predicted molar refractivity (Wildman–Crippen MR) is 294 cm³/mol. The molecule has 3 aliphatic rings. The molecule has 80 heavy (non-hydrogen) atoms. The predicted octanol–water partition coefficient (Wildman–Crippen LogP) is 7.90. The molecule has 14 heteroatoms. The first kappa shape index (κ1) is 61.0. The fraction of sp³-hybridized carbons (Fsp3) is 0.152. The maximum atomic E-state index is 11.6. The number of cyclic esters (lactones) is 1. The van der Waals surface area contributed by atoms with Crippen LogP contribution in [-0.4, -0.2) is 67.5 Å². The fourth-order valence-corrected chi connectivity index (χ4v) is 5.88. The molecule has 14 nitrogen and oxygen atoms in total. The van der Waals surface area contributed by atoms with Crippen LogP contribution < -0.4 is 0 Å². The lowest BCUT2D eigenvalue weighted by molar-refractivity contribution is -0.189. The second kappa shape index (κ2) is 36.4. The van der Waals surface area contributed by atoms with Gasteiger partial charge in [0.1, 0.15) is 17.6 Å². The van der Waals surface area contributed by atoms with Gasteiger partial charge in [0.15, 0.2) is 19.8 Å². The highest BCUT2D eigenvalue weighted by molar-refractivity contribution is 5.90. The van der Waals surface area contributed by atoms with Crippen molar-refractivity contribution in [3.8, 4) is 94.9 Å². The van der Waals surface area contributed by atoms with E-state index in [4.69, 9.17) is 37.9 Å². The number of esters is 6. The second-order valence-corrected chi connectivity index (χ2v) is 15.2. The Morgan fingerprint density at radius 1 is 0.562 bits per heavy atom. The number of rotatable bonds is 10. The number of ether oxygens (including phenoxy) is 8. The van der Waals surface area contributed by atoms with E-state index >= 15 is 0 Å². The summed E-state index contributed by atoms with van der Waals surface area (Å²) in [5, 5.41) is 0. The molecule has 0 bridgehead atoms. The maximum absolute atomic E-state index is 11.6. The molecule has 0 saturated carbocycles. The van der Waals surface area contributed by atoms with Crippen molar-refractivity contribution in [3.05, 3.63) is 204 Å². The van der Waals surface area contributed by atoms with Crippen LogP contribution in [0, 0.1) is 94.9 Å². The first-order valence-electron chi connectivity index (χ1n) is 23.9. The van der Waals surface area contributed by atoms with E-state index in [9.17, 15) is 28.8 Å². The molecule has 3 aliphatic heterocycles. The van der Waals surface area contributed by atoms with Crippen LogP contribution in [0.1, 0.15) is 52.6 Å². The topological polar surface area (TPSA) is 176 Å². The van der Waals surface area contributed by atoms with Crippen molar-refractivity contribution in [2.24, 2.45) is 0 Å². The number of carbonyl (C=O) groups is 6. The normalized spacial score (nSPS) is 14.5. The van der Waals surface area contributed by atoms with Crippen LogP contribution in [0.2, 0.25) is 0 Å². The summed E-state index contributed by atoms with van der Waals surface area (Å²) in [5.74, 6) is 36.2. The molecule has 4 aromatic rings. The number of carbonyl (C=O) groups excluding carboxylic acids is 6. The lowest BCUT2D eigenvalue weighted by Crippen LogP contribution is -2.40. The molecule has 7 rings (SSSR count). The van der Waals surface area contributed by atoms with Crippen molar-refractivity contribution in [3.63, 3.8) is 0 Å². The molecular weight excluding hydrogens is 1020 g/mol. The minimum atomic E-state index is -1.10. The Balaban J connectivity index is 0.000000237. The van der Waals surface area contributed by atoms with E-state index in [1.807, 2.05) is 66.7 Å². The van der Waals surface area contributed by atoms with Crippen molar-refractivity contribution in [2.45, 2.75) is 45.5 Å². The number of hydrogen-bond acceptors (Lipinski definition) is 14. The molecule has 0 aliphatic carbocycles. The monoisotopic (exact) mass is 1060 g/mol. The minimum Gasteiger partial charge on any atom is -0.453 e. The molecule has 2 atom stereocenters. The molecule has 0 amide bonds. The van der Waals surface area contributed by atoms with Crippen molar-refractivity contribution in [1.29, 1.82) is 0 Å². The van der Waals surface area contributed by atoms with Crippen LogP contribution in [-0.2, 0) is 69.9 Å². The molecule has 2 unspecified atom stereocenters. The SMILES string of the molecule is CC#CC#C/C=C1/C=CC(=O)O1.CC#CC#C/C=C1\C=CC2(OC=CC2OC(C)=O)O1.O=C(Cc1ccccc1)OCC#CC#CCOC(=O)Cc1ccccc1.O=C(OC#CC#CCOC(=O)c1ccccc1)c1ccccc1. The summed E-state index contributed by atoms with van der Waals surface area (Å²) in [7, 11) is 0. The zero-order chi connectivity index (χ0) is 57.3. The zero-order valence-corrected chi connectivity index (χ0v) is 43.5.